The van der Waals surface area contributed by atoms with Crippen LogP contribution in [0, 0.1) is 5.92 Å². The molecule has 0 spiro atoms. The van der Waals surface area contributed by atoms with Crippen LogP contribution in [0.2, 0.25) is 0 Å². The smallest absolute Gasteiger partial charge is 0.119 e. The third-order valence-corrected chi connectivity index (χ3v) is 6.65. The van der Waals surface area contributed by atoms with Crippen LogP contribution in [-0.2, 0) is 0 Å². The van der Waals surface area contributed by atoms with Crippen molar-refractivity contribution in [2.45, 2.75) is 25.8 Å². The number of fused-ring (bicyclic) bond motifs is 1. The van der Waals surface area contributed by atoms with Gasteiger partial charge in [-0.15, -0.1) is 0 Å². The molecule has 4 aromatic rings. The number of rotatable bonds is 5. The summed E-state index contributed by atoms with van der Waals surface area (Å²) in [4.78, 5) is 4.58. The molecule has 4 nitrogen and oxygen atoms in total. The van der Waals surface area contributed by atoms with Crippen LogP contribution >= 0.6 is 0 Å². The van der Waals surface area contributed by atoms with Crippen molar-refractivity contribution in [2.75, 3.05) is 20.2 Å². The summed E-state index contributed by atoms with van der Waals surface area (Å²) in [6.07, 6.45) is 8.74. The number of pyridine rings is 1. The summed E-state index contributed by atoms with van der Waals surface area (Å²) in [5.41, 5.74) is 5.90. The van der Waals surface area contributed by atoms with E-state index in [1.165, 1.54) is 34.9 Å². The number of benzene rings is 2. The Morgan fingerprint density at radius 2 is 1.87 bits per heavy atom. The van der Waals surface area contributed by atoms with Gasteiger partial charge in [-0.3, -0.25) is 4.98 Å². The average molecular weight is 412 g/mol. The molecule has 5 rings (SSSR count). The standard InChI is InChI=1S/C27H29N3O/c1-19(21-9-6-12-28-15-21)30-18-26(25-14-24(31-2)10-11-27(25)30)23-13-22(16-29-17-23)20-7-4-3-5-8-20/h3-5,7-8,10-11,13-14,16-19,21,28H,6,9,12,15H2,1-2H3. The average Bonchev–Trinajstić information content (AvgIpc) is 3.23. The zero-order chi connectivity index (χ0) is 21.2. The molecule has 2 aromatic heterocycles. The van der Waals surface area contributed by atoms with Gasteiger partial charge in [-0.1, -0.05) is 30.3 Å². The van der Waals surface area contributed by atoms with Gasteiger partial charge in [0.1, 0.15) is 5.75 Å². The largest absolute Gasteiger partial charge is 0.497 e. The highest BCUT2D eigenvalue weighted by Gasteiger charge is 2.24. The fraction of sp³-hybridized carbons (Fsp3) is 0.296. The van der Waals surface area contributed by atoms with E-state index < -0.39 is 0 Å². The highest BCUT2D eigenvalue weighted by atomic mass is 16.5. The molecule has 158 valence electrons. The minimum atomic E-state index is 0.419. The quantitative estimate of drug-likeness (QED) is 0.442. The van der Waals surface area contributed by atoms with E-state index in [4.69, 9.17) is 4.74 Å². The molecule has 1 aliphatic rings. The molecule has 4 heteroatoms. The van der Waals surface area contributed by atoms with Crippen molar-refractivity contribution in [1.29, 1.82) is 0 Å². The van der Waals surface area contributed by atoms with E-state index in [1.54, 1.807) is 7.11 Å². The number of aromatic nitrogens is 2. The first-order chi connectivity index (χ1) is 15.2. The second kappa shape index (κ2) is 8.56. The van der Waals surface area contributed by atoms with Gasteiger partial charge in [-0.05, 0) is 68.6 Å². The van der Waals surface area contributed by atoms with Gasteiger partial charge in [0.25, 0.3) is 0 Å². The van der Waals surface area contributed by atoms with Crippen LogP contribution in [0.1, 0.15) is 25.8 Å². The Kier molecular flexibility index (Phi) is 5.47. The Morgan fingerprint density at radius 1 is 1.03 bits per heavy atom. The van der Waals surface area contributed by atoms with Crippen molar-refractivity contribution in [3.8, 4) is 28.0 Å². The molecule has 0 aliphatic carbocycles. The zero-order valence-corrected chi connectivity index (χ0v) is 18.2. The topological polar surface area (TPSA) is 39.1 Å². The monoisotopic (exact) mass is 411 g/mol. The maximum absolute atomic E-state index is 5.56. The highest BCUT2D eigenvalue weighted by molar-refractivity contribution is 5.97. The lowest BCUT2D eigenvalue weighted by molar-refractivity contribution is 0.284. The molecule has 0 radical (unpaired) electrons. The predicted octanol–water partition coefficient (Wildman–Crippen LogP) is 5.94. The summed E-state index contributed by atoms with van der Waals surface area (Å²) in [5, 5.41) is 4.78. The van der Waals surface area contributed by atoms with Gasteiger partial charge in [0.15, 0.2) is 0 Å². The summed E-state index contributed by atoms with van der Waals surface area (Å²) < 4.78 is 8.01. The van der Waals surface area contributed by atoms with E-state index >= 15 is 0 Å². The number of nitrogens with one attached hydrogen (secondary N) is 1. The molecule has 1 fully saturated rings. The number of ether oxygens (including phenoxy) is 1. The molecule has 2 aromatic carbocycles. The SMILES string of the molecule is COc1ccc2c(c1)c(-c1cncc(-c3ccccc3)c1)cn2C(C)C1CCCNC1. The first-order valence-corrected chi connectivity index (χ1v) is 11.1. The Morgan fingerprint density at radius 3 is 2.65 bits per heavy atom. The van der Waals surface area contributed by atoms with Crippen LogP contribution in [-0.4, -0.2) is 29.8 Å². The molecule has 1 N–H and O–H groups in total. The van der Waals surface area contributed by atoms with Gasteiger partial charge in [-0.25, -0.2) is 0 Å². The molecule has 3 heterocycles. The summed E-state index contributed by atoms with van der Waals surface area (Å²) in [7, 11) is 1.73. The molecule has 31 heavy (non-hydrogen) atoms. The molecular formula is C27H29N3O. The summed E-state index contributed by atoms with van der Waals surface area (Å²) in [6, 6.07) is 19.5. The first-order valence-electron chi connectivity index (χ1n) is 11.1. The summed E-state index contributed by atoms with van der Waals surface area (Å²) in [6.45, 7) is 4.57. The van der Waals surface area contributed by atoms with Crippen molar-refractivity contribution >= 4 is 10.9 Å². The number of hydrogen-bond acceptors (Lipinski definition) is 3. The molecule has 1 aliphatic heterocycles. The maximum atomic E-state index is 5.56. The van der Waals surface area contributed by atoms with Crippen LogP contribution in [0.3, 0.4) is 0 Å². The normalized spacial score (nSPS) is 17.5. The molecule has 2 unspecified atom stereocenters. The predicted molar refractivity (Wildman–Crippen MR) is 127 cm³/mol. The van der Waals surface area contributed by atoms with Crippen molar-refractivity contribution in [3.05, 3.63) is 73.2 Å². The molecule has 1 saturated heterocycles. The minimum absolute atomic E-state index is 0.419. The van der Waals surface area contributed by atoms with E-state index in [1.807, 2.05) is 18.5 Å². The van der Waals surface area contributed by atoms with Gasteiger partial charge < -0.3 is 14.6 Å². The number of hydrogen-bond donors (Lipinski definition) is 1. The highest BCUT2D eigenvalue weighted by Crippen LogP contribution is 2.38. The zero-order valence-electron chi connectivity index (χ0n) is 18.2. The number of piperidine rings is 1. The van der Waals surface area contributed by atoms with Crippen molar-refractivity contribution in [2.24, 2.45) is 5.92 Å². The molecule has 0 bridgehead atoms. The third-order valence-electron chi connectivity index (χ3n) is 6.65. The van der Waals surface area contributed by atoms with Crippen LogP contribution in [0.15, 0.2) is 73.2 Å². The molecule has 0 amide bonds. The van der Waals surface area contributed by atoms with E-state index in [9.17, 15) is 0 Å². The number of methoxy groups -OCH3 is 1. The lowest BCUT2D eigenvalue weighted by atomic mass is 9.92. The fourth-order valence-electron chi connectivity index (χ4n) is 4.82. The van der Waals surface area contributed by atoms with Crippen LogP contribution in [0.5, 0.6) is 5.75 Å². The van der Waals surface area contributed by atoms with Crippen molar-refractivity contribution < 1.29 is 4.74 Å². The minimum Gasteiger partial charge on any atom is -0.497 e. The third kappa shape index (κ3) is 3.84. The maximum Gasteiger partial charge on any atom is 0.119 e. The van der Waals surface area contributed by atoms with Gasteiger partial charge in [0, 0.05) is 52.2 Å². The van der Waals surface area contributed by atoms with Gasteiger partial charge in [0.05, 0.1) is 7.11 Å². The Hall–Kier alpha value is -3.11. The van der Waals surface area contributed by atoms with E-state index in [0.29, 0.717) is 12.0 Å². The summed E-state index contributed by atoms with van der Waals surface area (Å²) in [5.74, 6) is 1.51. The van der Waals surface area contributed by atoms with Crippen LogP contribution in [0.4, 0.5) is 0 Å². The fourth-order valence-corrected chi connectivity index (χ4v) is 4.82. The lowest BCUT2D eigenvalue weighted by Crippen LogP contribution is -2.34. The number of nitrogens with zero attached hydrogens (tertiary/aromatic N) is 2. The Balaban J connectivity index is 1.63. The van der Waals surface area contributed by atoms with Gasteiger partial charge in [-0.2, -0.15) is 0 Å². The van der Waals surface area contributed by atoms with Crippen molar-refractivity contribution in [3.63, 3.8) is 0 Å². The van der Waals surface area contributed by atoms with E-state index in [0.717, 1.165) is 30.0 Å². The molecule has 2 atom stereocenters. The van der Waals surface area contributed by atoms with Gasteiger partial charge >= 0.3 is 0 Å². The van der Waals surface area contributed by atoms with Crippen molar-refractivity contribution in [1.82, 2.24) is 14.9 Å². The second-order valence-electron chi connectivity index (χ2n) is 8.51. The van der Waals surface area contributed by atoms with E-state index in [2.05, 4.69) is 76.5 Å². The second-order valence-corrected chi connectivity index (χ2v) is 8.51. The van der Waals surface area contributed by atoms with E-state index in [-0.39, 0.29) is 0 Å². The molecular weight excluding hydrogens is 382 g/mol. The van der Waals surface area contributed by atoms with Gasteiger partial charge in [0.2, 0.25) is 0 Å². The van der Waals surface area contributed by atoms with Crippen LogP contribution < -0.4 is 10.1 Å². The summed E-state index contributed by atoms with van der Waals surface area (Å²) >= 11 is 0. The van der Waals surface area contributed by atoms with Crippen LogP contribution in [0.25, 0.3) is 33.2 Å². The Labute approximate surface area is 183 Å². The molecule has 0 saturated carbocycles. The Bertz CT molecular complexity index is 1180. The first kappa shape index (κ1) is 19.8. The lowest BCUT2D eigenvalue weighted by Gasteiger charge is -2.30.